The quantitative estimate of drug-likeness (QED) is 0.231. The van der Waals surface area contributed by atoms with Crippen LogP contribution in [-0.2, 0) is 0 Å². The third-order valence-corrected chi connectivity index (χ3v) is 9.58. The fourth-order valence-electron chi connectivity index (χ4n) is 5.42. The molecule has 8 aromatic rings. The highest BCUT2D eigenvalue weighted by molar-refractivity contribution is 7.37. The van der Waals surface area contributed by atoms with Crippen molar-refractivity contribution in [1.82, 2.24) is 4.57 Å². The molecule has 0 aliphatic carbocycles. The highest BCUT2D eigenvalue weighted by Gasteiger charge is 2.20. The maximum Gasteiger partial charge on any atom is 0.0720 e. The van der Waals surface area contributed by atoms with Crippen LogP contribution in [0, 0.1) is 0 Å². The number of rotatable bonds is 2. The van der Waals surface area contributed by atoms with Crippen molar-refractivity contribution in [2.45, 2.75) is 0 Å². The van der Waals surface area contributed by atoms with Crippen LogP contribution in [0.3, 0.4) is 0 Å². The zero-order valence-electron chi connectivity index (χ0n) is 18.7. The Labute approximate surface area is 210 Å². The average Bonchev–Trinajstić information content (AvgIpc) is 3.57. The molecular formula is C32H19NS2. The van der Waals surface area contributed by atoms with Gasteiger partial charge in [0.15, 0.2) is 0 Å². The largest absolute Gasteiger partial charge is 0.308 e. The van der Waals surface area contributed by atoms with Gasteiger partial charge in [-0.1, -0.05) is 84.9 Å². The Hall–Kier alpha value is -3.92. The number of aromatic nitrogens is 1. The number of nitrogens with zero attached hydrogens (tertiary/aromatic N) is 1. The molecule has 0 radical (unpaired) electrons. The molecule has 0 fully saturated rings. The van der Waals surface area contributed by atoms with Crippen molar-refractivity contribution < 1.29 is 0 Å². The van der Waals surface area contributed by atoms with Gasteiger partial charge in [0.2, 0.25) is 0 Å². The van der Waals surface area contributed by atoms with E-state index in [1.165, 1.54) is 68.2 Å². The molecule has 164 valence electrons. The third-order valence-electron chi connectivity index (χ3n) is 7.00. The van der Waals surface area contributed by atoms with E-state index in [9.17, 15) is 0 Å². The molecule has 0 unspecified atom stereocenters. The monoisotopic (exact) mass is 481 g/mol. The fourth-order valence-corrected chi connectivity index (χ4v) is 8.20. The first kappa shape index (κ1) is 19.4. The van der Waals surface area contributed by atoms with Gasteiger partial charge < -0.3 is 4.57 Å². The lowest BCUT2D eigenvalue weighted by Crippen LogP contribution is -1.93. The molecule has 0 aliphatic rings. The molecule has 0 N–H and O–H groups in total. The lowest BCUT2D eigenvalue weighted by Gasteiger charge is -2.08. The SMILES string of the molecule is c1ccc(-c2ccc3c(c2)c2ccc4c5sc6ccccc6c5sc4c2n3-c2ccccc2)cc1. The summed E-state index contributed by atoms with van der Waals surface area (Å²) in [6.07, 6.45) is 0. The van der Waals surface area contributed by atoms with Gasteiger partial charge in [-0.25, -0.2) is 0 Å². The first-order chi connectivity index (χ1) is 17.4. The Balaban J connectivity index is 1.54. The minimum atomic E-state index is 1.20. The molecule has 0 aliphatic heterocycles. The van der Waals surface area contributed by atoms with Gasteiger partial charge >= 0.3 is 0 Å². The summed E-state index contributed by atoms with van der Waals surface area (Å²) in [5.74, 6) is 0. The van der Waals surface area contributed by atoms with Crippen LogP contribution in [0.15, 0.2) is 115 Å². The minimum absolute atomic E-state index is 1.20. The standard InChI is InChI=1S/C32H19NS2/c1-3-9-20(10-4-1)21-15-18-27-26(19-21)23-16-17-25-30(29(23)33(27)22-11-5-2-6-12-22)35-31-24-13-7-8-14-28(24)34-32(25)31/h1-19H. The van der Waals surface area contributed by atoms with Crippen LogP contribution in [0.1, 0.15) is 0 Å². The maximum atomic E-state index is 2.46. The van der Waals surface area contributed by atoms with Gasteiger partial charge in [0.05, 0.1) is 25.1 Å². The molecule has 3 aromatic heterocycles. The number of hydrogen-bond acceptors (Lipinski definition) is 2. The number of hydrogen-bond donors (Lipinski definition) is 0. The van der Waals surface area contributed by atoms with Crippen molar-refractivity contribution in [2.24, 2.45) is 0 Å². The summed E-state index contributed by atoms with van der Waals surface area (Å²) >= 11 is 3.86. The van der Waals surface area contributed by atoms with Crippen LogP contribution in [0.25, 0.3) is 68.2 Å². The van der Waals surface area contributed by atoms with E-state index < -0.39 is 0 Å². The summed E-state index contributed by atoms with van der Waals surface area (Å²) in [5.41, 5.74) is 6.27. The van der Waals surface area contributed by atoms with Crippen molar-refractivity contribution >= 4 is 74.1 Å². The van der Waals surface area contributed by atoms with Gasteiger partial charge in [0.1, 0.15) is 0 Å². The van der Waals surface area contributed by atoms with Gasteiger partial charge in [-0.15, -0.1) is 22.7 Å². The van der Waals surface area contributed by atoms with Crippen molar-refractivity contribution in [1.29, 1.82) is 0 Å². The molecule has 3 heterocycles. The molecular weight excluding hydrogens is 462 g/mol. The van der Waals surface area contributed by atoms with E-state index in [1.807, 2.05) is 22.7 Å². The predicted molar refractivity (Wildman–Crippen MR) is 154 cm³/mol. The van der Waals surface area contributed by atoms with Gasteiger partial charge in [0, 0.05) is 31.9 Å². The van der Waals surface area contributed by atoms with E-state index in [0.717, 1.165) is 0 Å². The van der Waals surface area contributed by atoms with E-state index >= 15 is 0 Å². The molecule has 0 spiro atoms. The van der Waals surface area contributed by atoms with Gasteiger partial charge in [-0.05, 0) is 41.5 Å². The highest BCUT2D eigenvalue weighted by Crippen LogP contribution is 2.48. The molecule has 0 saturated carbocycles. The molecule has 3 heteroatoms. The molecule has 5 aromatic carbocycles. The summed E-state index contributed by atoms with van der Waals surface area (Å²) in [7, 11) is 0. The third kappa shape index (κ3) is 2.74. The van der Waals surface area contributed by atoms with Crippen molar-refractivity contribution in [3.8, 4) is 16.8 Å². The molecule has 0 atom stereocenters. The Bertz CT molecular complexity index is 2040. The molecule has 35 heavy (non-hydrogen) atoms. The first-order valence-corrected chi connectivity index (χ1v) is 13.4. The number of fused-ring (bicyclic) bond motifs is 9. The van der Waals surface area contributed by atoms with Crippen LogP contribution in [0.5, 0.6) is 0 Å². The zero-order valence-corrected chi connectivity index (χ0v) is 20.4. The zero-order chi connectivity index (χ0) is 22.9. The highest BCUT2D eigenvalue weighted by atomic mass is 32.1. The summed E-state index contributed by atoms with van der Waals surface area (Å²) in [6, 6.07) is 41.9. The van der Waals surface area contributed by atoms with E-state index in [0.29, 0.717) is 0 Å². The first-order valence-electron chi connectivity index (χ1n) is 11.8. The van der Waals surface area contributed by atoms with Crippen molar-refractivity contribution in [2.75, 3.05) is 0 Å². The van der Waals surface area contributed by atoms with Gasteiger partial charge in [-0.3, -0.25) is 0 Å². The second-order valence-electron chi connectivity index (χ2n) is 8.97. The second kappa shape index (κ2) is 7.29. The smallest absolute Gasteiger partial charge is 0.0720 e. The lowest BCUT2D eigenvalue weighted by molar-refractivity contribution is 1.19. The Morgan fingerprint density at radius 2 is 1.17 bits per heavy atom. The van der Waals surface area contributed by atoms with Gasteiger partial charge in [-0.2, -0.15) is 0 Å². The van der Waals surface area contributed by atoms with Gasteiger partial charge in [0.25, 0.3) is 0 Å². The summed E-state index contributed by atoms with van der Waals surface area (Å²) < 4.78 is 8.01. The molecule has 0 saturated heterocycles. The topological polar surface area (TPSA) is 4.93 Å². The van der Waals surface area contributed by atoms with Crippen LogP contribution in [0.2, 0.25) is 0 Å². The molecule has 0 amide bonds. The summed E-state index contributed by atoms with van der Waals surface area (Å²) in [4.78, 5) is 0. The molecule has 8 rings (SSSR count). The van der Waals surface area contributed by atoms with E-state index in [-0.39, 0.29) is 0 Å². The Morgan fingerprint density at radius 3 is 2.03 bits per heavy atom. The lowest BCUT2D eigenvalue weighted by atomic mass is 10.0. The molecule has 1 nitrogen and oxygen atoms in total. The summed E-state index contributed by atoms with van der Waals surface area (Å²) in [5, 5.41) is 5.35. The van der Waals surface area contributed by atoms with Crippen LogP contribution >= 0.6 is 22.7 Å². The fraction of sp³-hybridized carbons (Fsp3) is 0. The predicted octanol–water partition coefficient (Wildman–Crippen LogP) is 10.0. The minimum Gasteiger partial charge on any atom is -0.308 e. The number of benzene rings is 5. The average molecular weight is 482 g/mol. The van der Waals surface area contributed by atoms with Crippen LogP contribution in [0.4, 0.5) is 0 Å². The Morgan fingerprint density at radius 1 is 0.457 bits per heavy atom. The van der Waals surface area contributed by atoms with Crippen LogP contribution in [-0.4, -0.2) is 4.57 Å². The maximum absolute atomic E-state index is 2.46. The van der Waals surface area contributed by atoms with Crippen molar-refractivity contribution in [3.05, 3.63) is 115 Å². The second-order valence-corrected chi connectivity index (χ2v) is 11.0. The number of thiophene rings is 2. The molecule has 0 bridgehead atoms. The Kier molecular flexibility index (Phi) is 4.04. The van der Waals surface area contributed by atoms with Crippen LogP contribution < -0.4 is 0 Å². The van der Waals surface area contributed by atoms with Crippen molar-refractivity contribution in [3.63, 3.8) is 0 Å². The summed E-state index contributed by atoms with van der Waals surface area (Å²) in [6.45, 7) is 0. The normalized spacial score (nSPS) is 12.0. The van der Waals surface area contributed by atoms with E-state index in [1.54, 1.807) is 0 Å². The number of para-hydroxylation sites is 1. The van der Waals surface area contributed by atoms with E-state index in [4.69, 9.17) is 0 Å². The van der Waals surface area contributed by atoms with E-state index in [2.05, 4.69) is 120 Å².